The van der Waals surface area contributed by atoms with Gasteiger partial charge >= 0.3 is 0 Å². The third-order valence-electron chi connectivity index (χ3n) is 1.94. The molecule has 1 rings (SSSR count). The number of phenolic OH excluding ortho intramolecular Hbond substituents is 1. The molecule has 5 heteroatoms. The van der Waals surface area contributed by atoms with Crippen molar-refractivity contribution in [1.82, 2.24) is 0 Å². The maximum atomic E-state index is 10.5. The first-order chi connectivity index (χ1) is 7.22. The van der Waals surface area contributed by atoms with Crippen LogP contribution < -0.4 is 4.74 Å². The summed E-state index contributed by atoms with van der Waals surface area (Å²) in [4.78, 5) is 10.5. The van der Waals surface area contributed by atoms with Gasteiger partial charge in [0.05, 0.1) is 12.5 Å². The van der Waals surface area contributed by atoms with E-state index in [1.54, 1.807) is 12.1 Å². The summed E-state index contributed by atoms with van der Waals surface area (Å²) in [5, 5.41) is 12.3. The van der Waals surface area contributed by atoms with Crippen LogP contribution in [-0.4, -0.2) is 17.6 Å². The molecule has 4 nitrogen and oxygen atoms in total. The highest BCUT2D eigenvalue weighted by molar-refractivity contribution is 6.18. The Labute approximate surface area is 92.8 Å². The molecule has 0 aliphatic carbocycles. The first-order valence-corrected chi connectivity index (χ1v) is 5.10. The normalized spacial score (nSPS) is 12.1. The van der Waals surface area contributed by atoms with E-state index in [2.05, 4.69) is 5.18 Å². The van der Waals surface area contributed by atoms with Crippen molar-refractivity contribution >= 4 is 11.6 Å². The molecule has 1 N–H and O–H groups in total. The van der Waals surface area contributed by atoms with E-state index in [-0.39, 0.29) is 11.6 Å². The van der Waals surface area contributed by atoms with Gasteiger partial charge in [0, 0.05) is 0 Å². The number of hydrogen-bond acceptors (Lipinski definition) is 4. The summed E-state index contributed by atoms with van der Waals surface area (Å²) in [5.41, 5.74) is 0.640. The van der Waals surface area contributed by atoms with Crippen molar-refractivity contribution in [2.45, 2.75) is 13.0 Å². The Hall–Kier alpha value is -1.29. The van der Waals surface area contributed by atoms with E-state index in [1.807, 2.05) is 6.92 Å². The Bertz CT molecular complexity index is 343. The van der Waals surface area contributed by atoms with Gasteiger partial charge in [-0.05, 0) is 24.6 Å². The molecular formula is C10H12ClNO3. The molecule has 0 aromatic heterocycles. The van der Waals surface area contributed by atoms with E-state index in [0.29, 0.717) is 17.9 Å². The van der Waals surface area contributed by atoms with E-state index < -0.39 is 6.04 Å². The number of phenols is 1. The molecule has 15 heavy (non-hydrogen) atoms. The Morgan fingerprint density at radius 2 is 2.33 bits per heavy atom. The van der Waals surface area contributed by atoms with E-state index in [1.165, 1.54) is 6.07 Å². The summed E-state index contributed by atoms with van der Waals surface area (Å²) in [7, 11) is 0. The maximum Gasteiger partial charge on any atom is 0.161 e. The SMILES string of the molecule is CCOc1cc(C(CCl)N=O)ccc1O. The number of hydrogen-bond donors (Lipinski definition) is 1. The molecule has 0 spiro atoms. The fourth-order valence-corrected chi connectivity index (χ4v) is 1.42. The van der Waals surface area contributed by atoms with Crippen LogP contribution in [0.25, 0.3) is 0 Å². The lowest BCUT2D eigenvalue weighted by atomic mass is 10.1. The first kappa shape index (κ1) is 11.8. The second-order valence-electron chi connectivity index (χ2n) is 2.94. The zero-order valence-electron chi connectivity index (χ0n) is 8.31. The lowest BCUT2D eigenvalue weighted by Crippen LogP contribution is -1.98. The first-order valence-electron chi connectivity index (χ1n) is 4.57. The predicted octanol–water partition coefficient (Wildman–Crippen LogP) is 2.84. The predicted molar refractivity (Wildman–Crippen MR) is 58.5 cm³/mol. The van der Waals surface area contributed by atoms with Crippen LogP contribution in [-0.2, 0) is 0 Å². The molecule has 0 aliphatic rings. The quantitative estimate of drug-likeness (QED) is 0.624. The zero-order valence-corrected chi connectivity index (χ0v) is 9.07. The molecule has 1 unspecified atom stereocenters. The smallest absolute Gasteiger partial charge is 0.161 e. The number of nitrogens with zero attached hydrogens (tertiary/aromatic N) is 1. The van der Waals surface area contributed by atoms with Crippen molar-refractivity contribution < 1.29 is 9.84 Å². The average Bonchev–Trinajstić information content (AvgIpc) is 2.25. The van der Waals surface area contributed by atoms with Crippen LogP contribution >= 0.6 is 11.6 Å². The second kappa shape index (κ2) is 5.56. The highest BCUT2D eigenvalue weighted by Crippen LogP contribution is 2.30. The number of halogens is 1. The second-order valence-corrected chi connectivity index (χ2v) is 3.24. The molecule has 0 fully saturated rings. The van der Waals surface area contributed by atoms with Crippen LogP contribution in [0.2, 0.25) is 0 Å². The molecule has 0 radical (unpaired) electrons. The van der Waals surface area contributed by atoms with E-state index in [4.69, 9.17) is 16.3 Å². The summed E-state index contributed by atoms with van der Waals surface area (Å²) in [6.07, 6.45) is 0. The number of aromatic hydroxyl groups is 1. The van der Waals surface area contributed by atoms with Gasteiger partial charge in [0.2, 0.25) is 0 Å². The zero-order chi connectivity index (χ0) is 11.3. The Kier molecular flexibility index (Phi) is 4.37. The number of alkyl halides is 1. The number of nitroso groups, excluding NO2 is 1. The molecule has 0 saturated carbocycles. The van der Waals surface area contributed by atoms with Crippen LogP contribution in [0.5, 0.6) is 11.5 Å². The van der Waals surface area contributed by atoms with E-state index in [9.17, 15) is 10.0 Å². The third-order valence-corrected chi connectivity index (χ3v) is 2.23. The maximum absolute atomic E-state index is 10.5. The van der Waals surface area contributed by atoms with Crippen molar-refractivity contribution in [1.29, 1.82) is 0 Å². The van der Waals surface area contributed by atoms with Gasteiger partial charge in [-0.15, -0.1) is 11.6 Å². The molecule has 0 aliphatic heterocycles. The van der Waals surface area contributed by atoms with Crippen molar-refractivity contribution in [2.75, 3.05) is 12.5 Å². The van der Waals surface area contributed by atoms with Crippen LogP contribution in [0, 0.1) is 4.91 Å². The lowest BCUT2D eigenvalue weighted by molar-refractivity contribution is 0.317. The molecule has 1 aromatic rings. The van der Waals surface area contributed by atoms with E-state index in [0.717, 1.165) is 0 Å². The summed E-state index contributed by atoms with van der Waals surface area (Å²) >= 11 is 5.57. The van der Waals surface area contributed by atoms with Crippen LogP contribution in [0.15, 0.2) is 23.4 Å². The van der Waals surface area contributed by atoms with Gasteiger partial charge in [0.15, 0.2) is 11.5 Å². The molecule has 0 saturated heterocycles. The van der Waals surface area contributed by atoms with Gasteiger partial charge in [-0.1, -0.05) is 11.2 Å². The standard InChI is InChI=1S/C10H12ClNO3/c1-2-15-10-5-7(3-4-9(10)13)8(6-11)12-14/h3-5,8,13H,2,6H2,1H3. The molecule has 82 valence electrons. The summed E-state index contributed by atoms with van der Waals surface area (Å²) in [6.45, 7) is 2.25. The van der Waals surface area contributed by atoms with Crippen molar-refractivity contribution in [3.05, 3.63) is 28.7 Å². The van der Waals surface area contributed by atoms with E-state index >= 15 is 0 Å². The van der Waals surface area contributed by atoms with Gasteiger partial charge in [0.25, 0.3) is 0 Å². The Morgan fingerprint density at radius 1 is 1.60 bits per heavy atom. The molecule has 1 atom stereocenters. The number of rotatable bonds is 5. The van der Waals surface area contributed by atoms with Crippen LogP contribution in [0.3, 0.4) is 0 Å². The number of ether oxygens (including phenoxy) is 1. The van der Waals surface area contributed by atoms with Gasteiger partial charge in [-0.25, -0.2) is 0 Å². The average molecular weight is 230 g/mol. The third kappa shape index (κ3) is 2.83. The Morgan fingerprint density at radius 3 is 2.87 bits per heavy atom. The summed E-state index contributed by atoms with van der Waals surface area (Å²) in [6, 6.07) is 4.04. The largest absolute Gasteiger partial charge is 0.504 e. The minimum atomic E-state index is -0.605. The van der Waals surface area contributed by atoms with Crippen molar-refractivity contribution in [2.24, 2.45) is 5.18 Å². The summed E-state index contributed by atoms with van der Waals surface area (Å²) < 4.78 is 5.18. The fraction of sp³-hybridized carbons (Fsp3) is 0.400. The minimum Gasteiger partial charge on any atom is -0.504 e. The minimum absolute atomic E-state index is 0.0415. The Balaban J connectivity index is 3.00. The fourth-order valence-electron chi connectivity index (χ4n) is 1.19. The van der Waals surface area contributed by atoms with Gasteiger partial charge in [0.1, 0.15) is 6.04 Å². The number of benzene rings is 1. The monoisotopic (exact) mass is 229 g/mol. The van der Waals surface area contributed by atoms with Crippen LogP contribution in [0.4, 0.5) is 0 Å². The van der Waals surface area contributed by atoms with Gasteiger partial charge in [-0.3, -0.25) is 0 Å². The lowest BCUT2D eigenvalue weighted by Gasteiger charge is -2.10. The van der Waals surface area contributed by atoms with Gasteiger partial charge in [-0.2, -0.15) is 4.91 Å². The van der Waals surface area contributed by atoms with Crippen molar-refractivity contribution in [3.63, 3.8) is 0 Å². The molecule has 0 heterocycles. The highest BCUT2D eigenvalue weighted by atomic mass is 35.5. The molecular weight excluding hydrogens is 218 g/mol. The molecule has 1 aromatic carbocycles. The summed E-state index contributed by atoms with van der Waals surface area (Å²) in [5.74, 6) is 0.494. The molecule has 0 bridgehead atoms. The highest BCUT2D eigenvalue weighted by Gasteiger charge is 2.13. The topological polar surface area (TPSA) is 58.9 Å². The molecule has 0 amide bonds. The van der Waals surface area contributed by atoms with Crippen molar-refractivity contribution in [3.8, 4) is 11.5 Å². The van der Waals surface area contributed by atoms with Gasteiger partial charge < -0.3 is 9.84 Å². The van der Waals surface area contributed by atoms with Crippen LogP contribution in [0.1, 0.15) is 18.5 Å².